The zero-order valence-electron chi connectivity index (χ0n) is 11.7. The standard InChI is InChI=1S/C17H15ClN2O/c1-2-20-17(15(18)11-19-20)16(21)10-12-7-8-13-5-3-4-6-14(13)9-12/h3-9,11H,2,10H2,1H3. The van der Waals surface area contributed by atoms with Gasteiger partial charge in [-0.15, -0.1) is 0 Å². The number of nitrogens with zero attached hydrogens (tertiary/aromatic N) is 2. The Morgan fingerprint density at radius 3 is 2.71 bits per heavy atom. The number of Topliss-reactive ketones (excluding diaryl/α,β-unsaturated/α-hetero) is 1. The second kappa shape index (κ2) is 5.70. The number of hydrogen-bond acceptors (Lipinski definition) is 2. The molecule has 0 N–H and O–H groups in total. The van der Waals surface area contributed by atoms with Crippen LogP contribution < -0.4 is 0 Å². The lowest BCUT2D eigenvalue weighted by atomic mass is 10.0. The molecule has 21 heavy (non-hydrogen) atoms. The predicted octanol–water partition coefficient (Wildman–Crippen LogP) is 4.14. The second-order valence-corrected chi connectivity index (χ2v) is 5.35. The minimum atomic E-state index is -0.00497. The highest BCUT2D eigenvalue weighted by molar-refractivity contribution is 6.33. The number of carbonyl (C=O) groups excluding carboxylic acids is 1. The highest BCUT2D eigenvalue weighted by atomic mass is 35.5. The van der Waals surface area contributed by atoms with E-state index in [9.17, 15) is 4.79 Å². The van der Waals surface area contributed by atoms with Gasteiger partial charge in [-0.3, -0.25) is 9.48 Å². The van der Waals surface area contributed by atoms with Crippen LogP contribution >= 0.6 is 11.6 Å². The lowest BCUT2D eigenvalue weighted by Crippen LogP contribution is -2.12. The first kappa shape index (κ1) is 13.8. The Labute approximate surface area is 128 Å². The number of ketones is 1. The molecule has 0 fully saturated rings. The minimum Gasteiger partial charge on any atom is -0.292 e. The van der Waals surface area contributed by atoms with Crippen LogP contribution in [0, 0.1) is 0 Å². The molecule has 4 heteroatoms. The van der Waals surface area contributed by atoms with E-state index < -0.39 is 0 Å². The van der Waals surface area contributed by atoms with Crippen molar-refractivity contribution >= 4 is 28.2 Å². The molecule has 0 atom stereocenters. The topological polar surface area (TPSA) is 34.9 Å². The fraction of sp³-hybridized carbons (Fsp3) is 0.176. The maximum atomic E-state index is 12.5. The van der Waals surface area contributed by atoms with Gasteiger partial charge in [0.1, 0.15) is 5.69 Å². The predicted molar refractivity (Wildman–Crippen MR) is 84.9 cm³/mol. The molecule has 3 rings (SSSR count). The van der Waals surface area contributed by atoms with Gasteiger partial charge in [-0.1, -0.05) is 54.1 Å². The summed E-state index contributed by atoms with van der Waals surface area (Å²) in [7, 11) is 0. The van der Waals surface area contributed by atoms with Crippen molar-refractivity contribution in [2.24, 2.45) is 0 Å². The SMILES string of the molecule is CCn1ncc(Cl)c1C(=O)Cc1ccc2ccccc2c1. The van der Waals surface area contributed by atoms with Gasteiger partial charge in [0.15, 0.2) is 5.78 Å². The maximum absolute atomic E-state index is 12.5. The molecule has 0 spiro atoms. The number of rotatable bonds is 4. The minimum absolute atomic E-state index is 0.00497. The first-order chi connectivity index (χ1) is 10.2. The molecular formula is C17H15ClN2O. The normalized spacial score (nSPS) is 11.0. The highest BCUT2D eigenvalue weighted by Crippen LogP contribution is 2.20. The number of aryl methyl sites for hydroxylation is 1. The molecule has 0 aliphatic heterocycles. The van der Waals surface area contributed by atoms with Gasteiger partial charge in [-0.05, 0) is 23.3 Å². The zero-order chi connectivity index (χ0) is 14.8. The van der Waals surface area contributed by atoms with E-state index in [1.807, 2.05) is 43.3 Å². The van der Waals surface area contributed by atoms with Crippen LogP contribution in [0.15, 0.2) is 48.7 Å². The molecule has 0 bridgehead atoms. The summed E-state index contributed by atoms with van der Waals surface area (Å²) in [5.74, 6) is -0.00497. The van der Waals surface area contributed by atoms with Crippen LogP contribution in [0.3, 0.4) is 0 Å². The Kier molecular flexibility index (Phi) is 3.76. The van der Waals surface area contributed by atoms with Crippen molar-refractivity contribution in [3.63, 3.8) is 0 Å². The smallest absolute Gasteiger partial charge is 0.186 e. The highest BCUT2D eigenvalue weighted by Gasteiger charge is 2.17. The molecule has 1 aromatic heterocycles. The van der Waals surface area contributed by atoms with Crippen LogP contribution in [0.5, 0.6) is 0 Å². The fourth-order valence-electron chi connectivity index (χ4n) is 2.50. The molecule has 1 heterocycles. The van der Waals surface area contributed by atoms with Crippen molar-refractivity contribution in [2.45, 2.75) is 19.9 Å². The van der Waals surface area contributed by atoms with E-state index in [2.05, 4.69) is 11.2 Å². The molecule has 2 aromatic carbocycles. The van der Waals surface area contributed by atoms with Crippen LogP contribution in [-0.2, 0) is 13.0 Å². The summed E-state index contributed by atoms with van der Waals surface area (Å²) in [5.41, 5.74) is 1.48. The average molecular weight is 299 g/mol. The maximum Gasteiger partial charge on any atom is 0.186 e. The lowest BCUT2D eigenvalue weighted by Gasteiger charge is -2.06. The third kappa shape index (κ3) is 2.69. The van der Waals surface area contributed by atoms with Crippen LogP contribution in [0.4, 0.5) is 0 Å². The molecule has 0 aliphatic carbocycles. The summed E-state index contributed by atoms with van der Waals surface area (Å²) in [4.78, 5) is 12.5. The van der Waals surface area contributed by atoms with Gasteiger partial charge in [-0.25, -0.2) is 0 Å². The molecule has 3 nitrogen and oxygen atoms in total. The molecule has 0 unspecified atom stereocenters. The molecule has 106 valence electrons. The van der Waals surface area contributed by atoms with Crippen LogP contribution in [0.1, 0.15) is 23.0 Å². The number of aromatic nitrogens is 2. The Morgan fingerprint density at radius 1 is 1.19 bits per heavy atom. The first-order valence-corrected chi connectivity index (χ1v) is 7.29. The number of benzene rings is 2. The summed E-state index contributed by atoms with van der Waals surface area (Å²) in [6.07, 6.45) is 1.86. The number of fused-ring (bicyclic) bond motifs is 1. The average Bonchev–Trinajstić information content (AvgIpc) is 2.88. The zero-order valence-corrected chi connectivity index (χ0v) is 12.5. The Morgan fingerprint density at radius 2 is 1.95 bits per heavy atom. The Hall–Kier alpha value is -2.13. The van der Waals surface area contributed by atoms with E-state index in [0.717, 1.165) is 10.9 Å². The van der Waals surface area contributed by atoms with Crippen LogP contribution in [0.2, 0.25) is 5.02 Å². The van der Waals surface area contributed by atoms with Gasteiger partial charge in [0, 0.05) is 13.0 Å². The fourth-order valence-corrected chi connectivity index (χ4v) is 2.74. The van der Waals surface area contributed by atoms with Crippen molar-refractivity contribution in [3.05, 3.63) is 64.9 Å². The van der Waals surface area contributed by atoms with Crippen molar-refractivity contribution < 1.29 is 4.79 Å². The third-order valence-corrected chi connectivity index (χ3v) is 3.81. The monoisotopic (exact) mass is 298 g/mol. The molecule has 0 aliphatic rings. The van der Waals surface area contributed by atoms with Crippen LogP contribution in [0.25, 0.3) is 10.8 Å². The van der Waals surface area contributed by atoms with Gasteiger partial charge < -0.3 is 0 Å². The van der Waals surface area contributed by atoms with Gasteiger partial charge >= 0.3 is 0 Å². The number of carbonyl (C=O) groups is 1. The molecule has 3 aromatic rings. The number of halogens is 1. The van der Waals surface area contributed by atoms with E-state index in [0.29, 0.717) is 23.7 Å². The Balaban J connectivity index is 1.90. The molecule has 0 amide bonds. The summed E-state index contributed by atoms with van der Waals surface area (Å²) < 4.78 is 1.64. The van der Waals surface area contributed by atoms with E-state index in [4.69, 9.17) is 11.6 Å². The molecule has 0 radical (unpaired) electrons. The third-order valence-electron chi connectivity index (χ3n) is 3.54. The quantitative estimate of drug-likeness (QED) is 0.679. The summed E-state index contributed by atoms with van der Waals surface area (Å²) >= 11 is 6.08. The second-order valence-electron chi connectivity index (χ2n) is 4.94. The lowest BCUT2D eigenvalue weighted by molar-refractivity contribution is 0.0983. The van der Waals surface area contributed by atoms with Crippen LogP contribution in [-0.4, -0.2) is 15.6 Å². The summed E-state index contributed by atoms with van der Waals surface area (Å²) in [6.45, 7) is 2.57. The Bertz CT molecular complexity index is 807. The first-order valence-electron chi connectivity index (χ1n) is 6.91. The van der Waals surface area contributed by atoms with Crippen molar-refractivity contribution in [1.82, 2.24) is 9.78 Å². The molecule has 0 saturated heterocycles. The summed E-state index contributed by atoms with van der Waals surface area (Å²) in [5, 5.41) is 6.84. The van der Waals surface area contributed by atoms with Gasteiger partial charge in [0.25, 0.3) is 0 Å². The van der Waals surface area contributed by atoms with Crippen molar-refractivity contribution in [1.29, 1.82) is 0 Å². The molecule has 0 saturated carbocycles. The van der Waals surface area contributed by atoms with E-state index >= 15 is 0 Å². The van der Waals surface area contributed by atoms with E-state index in [1.54, 1.807) is 4.68 Å². The van der Waals surface area contributed by atoms with Crippen molar-refractivity contribution in [3.8, 4) is 0 Å². The van der Waals surface area contributed by atoms with Crippen molar-refractivity contribution in [2.75, 3.05) is 0 Å². The van der Waals surface area contributed by atoms with E-state index in [1.165, 1.54) is 11.6 Å². The largest absolute Gasteiger partial charge is 0.292 e. The van der Waals surface area contributed by atoms with Gasteiger partial charge in [0.05, 0.1) is 11.2 Å². The molecular weight excluding hydrogens is 284 g/mol. The number of hydrogen-bond donors (Lipinski definition) is 0. The van der Waals surface area contributed by atoms with Gasteiger partial charge in [-0.2, -0.15) is 5.10 Å². The van der Waals surface area contributed by atoms with Gasteiger partial charge in [0.2, 0.25) is 0 Å². The van der Waals surface area contributed by atoms with E-state index in [-0.39, 0.29) is 5.78 Å². The summed E-state index contributed by atoms with van der Waals surface area (Å²) in [6, 6.07) is 14.2.